The first kappa shape index (κ1) is 15.5. The first-order chi connectivity index (χ1) is 8.84. The standard InChI is InChI=1S/C10H18N4O5/c1-10(17,7-15)6-11-3-9(16)5-13-4-8(2-12-13)14(18)19/h2,4,9,11,15-17H,3,5-7H2,1H3. The Morgan fingerprint density at radius 3 is 2.89 bits per heavy atom. The van der Waals surface area contributed by atoms with Gasteiger partial charge in [-0.2, -0.15) is 5.10 Å². The third kappa shape index (κ3) is 5.30. The van der Waals surface area contributed by atoms with Crippen LogP contribution >= 0.6 is 0 Å². The van der Waals surface area contributed by atoms with Crippen molar-refractivity contribution in [3.8, 4) is 0 Å². The lowest BCUT2D eigenvalue weighted by atomic mass is 10.1. The maximum absolute atomic E-state index is 10.4. The zero-order chi connectivity index (χ0) is 14.5. The van der Waals surface area contributed by atoms with Crippen LogP contribution in [0.4, 0.5) is 5.69 Å². The maximum Gasteiger partial charge on any atom is 0.306 e. The van der Waals surface area contributed by atoms with E-state index in [1.54, 1.807) is 0 Å². The van der Waals surface area contributed by atoms with Crippen molar-refractivity contribution >= 4 is 5.69 Å². The molecule has 0 fully saturated rings. The molecule has 9 heteroatoms. The van der Waals surface area contributed by atoms with Crippen molar-refractivity contribution in [2.24, 2.45) is 0 Å². The number of aliphatic hydroxyl groups is 3. The molecule has 0 spiro atoms. The SMILES string of the molecule is CC(O)(CO)CNCC(O)Cn1cc([N+](=O)[O-])cn1. The fourth-order valence-electron chi connectivity index (χ4n) is 1.39. The molecule has 1 heterocycles. The number of hydrogen-bond donors (Lipinski definition) is 4. The van der Waals surface area contributed by atoms with E-state index in [9.17, 15) is 20.3 Å². The Bertz CT molecular complexity index is 420. The number of aliphatic hydroxyl groups excluding tert-OH is 2. The minimum absolute atomic E-state index is 0.0993. The van der Waals surface area contributed by atoms with E-state index in [2.05, 4.69) is 10.4 Å². The van der Waals surface area contributed by atoms with Gasteiger partial charge < -0.3 is 20.6 Å². The molecule has 2 atom stereocenters. The number of nitrogens with zero attached hydrogens (tertiary/aromatic N) is 3. The van der Waals surface area contributed by atoms with Crippen LogP contribution in [0, 0.1) is 10.1 Å². The minimum atomic E-state index is -1.25. The monoisotopic (exact) mass is 274 g/mol. The van der Waals surface area contributed by atoms with Crippen LogP contribution in [0.2, 0.25) is 0 Å². The molecule has 4 N–H and O–H groups in total. The highest BCUT2D eigenvalue weighted by Gasteiger charge is 2.19. The van der Waals surface area contributed by atoms with Crippen molar-refractivity contribution in [3.63, 3.8) is 0 Å². The molecule has 1 aromatic heterocycles. The van der Waals surface area contributed by atoms with E-state index < -0.39 is 16.6 Å². The van der Waals surface area contributed by atoms with Gasteiger partial charge in [-0.05, 0) is 6.92 Å². The molecule has 0 saturated carbocycles. The van der Waals surface area contributed by atoms with Crippen molar-refractivity contribution in [1.29, 1.82) is 0 Å². The molecule has 108 valence electrons. The number of rotatable bonds is 8. The number of nitro groups is 1. The fraction of sp³-hybridized carbons (Fsp3) is 0.700. The molecule has 0 aromatic carbocycles. The zero-order valence-electron chi connectivity index (χ0n) is 10.6. The van der Waals surface area contributed by atoms with Crippen LogP contribution in [0.1, 0.15) is 6.92 Å². The van der Waals surface area contributed by atoms with Gasteiger partial charge >= 0.3 is 5.69 Å². The highest BCUT2D eigenvalue weighted by molar-refractivity contribution is 5.20. The molecule has 0 amide bonds. The lowest BCUT2D eigenvalue weighted by Gasteiger charge is -2.21. The Balaban J connectivity index is 2.34. The fourth-order valence-corrected chi connectivity index (χ4v) is 1.39. The molecule has 0 bridgehead atoms. The summed E-state index contributed by atoms with van der Waals surface area (Å²) in [6.07, 6.45) is 1.53. The van der Waals surface area contributed by atoms with E-state index in [1.165, 1.54) is 17.8 Å². The quantitative estimate of drug-likeness (QED) is 0.334. The average Bonchev–Trinajstić information content (AvgIpc) is 2.77. The molecule has 0 radical (unpaired) electrons. The summed E-state index contributed by atoms with van der Waals surface area (Å²) >= 11 is 0. The van der Waals surface area contributed by atoms with Crippen molar-refractivity contribution in [2.45, 2.75) is 25.2 Å². The van der Waals surface area contributed by atoms with Crippen LogP contribution in [0.25, 0.3) is 0 Å². The predicted molar refractivity (Wildman–Crippen MR) is 65.5 cm³/mol. The summed E-state index contributed by atoms with van der Waals surface area (Å²) in [5.41, 5.74) is -1.38. The van der Waals surface area contributed by atoms with Gasteiger partial charge in [0.1, 0.15) is 12.4 Å². The van der Waals surface area contributed by atoms with Gasteiger partial charge in [-0.25, -0.2) is 0 Å². The Morgan fingerprint density at radius 1 is 1.68 bits per heavy atom. The molecule has 9 nitrogen and oxygen atoms in total. The normalized spacial score (nSPS) is 16.0. The number of hydrogen-bond acceptors (Lipinski definition) is 7. The van der Waals surface area contributed by atoms with Crippen LogP contribution in [0.5, 0.6) is 0 Å². The topological polar surface area (TPSA) is 134 Å². The molecule has 1 rings (SSSR count). The third-order valence-electron chi connectivity index (χ3n) is 2.45. The highest BCUT2D eigenvalue weighted by atomic mass is 16.6. The Morgan fingerprint density at radius 2 is 2.37 bits per heavy atom. The molecule has 0 saturated heterocycles. The highest BCUT2D eigenvalue weighted by Crippen LogP contribution is 2.08. The average molecular weight is 274 g/mol. The van der Waals surface area contributed by atoms with Crippen LogP contribution < -0.4 is 5.32 Å². The van der Waals surface area contributed by atoms with E-state index in [4.69, 9.17) is 5.11 Å². The van der Waals surface area contributed by atoms with Crippen molar-refractivity contribution in [1.82, 2.24) is 15.1 Å². The van der Waals surface area contributed by atoms with Gasteiger partial charge in [-0.3, -0.25) is 14.8 Å². The molecule has 0 aliphatic rings. The summed E-state index contributed by atoms with van der Waals surface area (Å²) in [5.74, 6) is 0. The van der Waals surface area contributed by atoms with Gasteiger partial charge in [0.2, 0.25) is 0 Å². The van der Waals surface area contributed by atoms with E-state index in [0.717, 1.165) is 6.20 Å². The van der Waals surface area contributed by atoms with Crippen LogP contribution in [0.15, 0.2) is 12.4 Å². The number of nitrogens with one attached hydrogen (secondary N) is 1. The second-order valence-electron chi connectivity index (χ2n) is 4.62. The van der Waals surface area contributed by atoms with E-state index in [0.29, 0.717) is 0 Å². The second-order valence-corrected chi connectivity index (χ2v) is 4.62. The van der Waals surface area contributed by atoms with Gasteiger partial charge in [0.25, 0.3) is 0 Å². The van der Waals surface area contributed by atoms with Gasteiger partial charge in [-0.15, -0.1) is 0 Å². The van der Waals surface area contributed by atoms with E-state index in [-0.39, 0.29) is 31.9 Å². The Kier molecular flexibility index (Phi) is 5.36. The van der Waals surface area contributed by atoms with E-state index >= 15 is 0 Å². The summed E-state index contributed by atoms with van der Waals surface area (Å²) < 4.78 is 1.27. The van der Waals surface area contributed by atoms with Crippen LogP contribution in [-0.2, 0) is 6.54 Å². The summed E-state index contributed by atoms with van der Waals surface area (Å²) in [6.45, 7) is 1.47. The van der Waals surface area contributed by atoms with Gasteiger partial charge in [-0.1, -0.05) is 0 Å². The molecular formula is C10H18N4O5. The third-order valence-corrected chi connectivity index (χ3v) is 2.45. The zero-order valence-corrected chi connectivity index (χ0v) is 10.6. The first-order valence-corrected chi connectivity index (χ1v) is 5.73. The lowest BCUT2D eigenvalue weighted by Crippen LogP contribution is -2.43. The van der Waals surface area contributed by atoms with Crippen molar-refractivity contribution < 1.29 is 20.2 Å². The van der Waals surface area contributed by atoms with Crippen LogP contribution in [-0.4, -0.2) is 61.4 Å². The molecular weight excluding hydrogens is 256 g/mol. The predicted octanol–water partition coefficient (Wildman–Crippen LogP) is -1.51. The summed E-state index contributed by atoms with van der Waals surface area (Å²) in [5, 5.41) is 45.0. The molecule has 0 aliphatic heterocycles. The summed E-state index contributed by atoms with van der Waals surface area (Å²) in [6, 6.07) is 0. The van der Waals surface area contributed by atoms with Crippen LogP contribution in [0.3, 0.4) is 0 Å². The molecule has 1 aromatic rings. The summed E-state index contributed by atoms with van der Waals surface area (Å²) in [4.78, 5) is 9.88. The molecule has 19 heavy (non-hydrogen) atoms. The van der Waals surface area contributed by atoms with E-state index in [1.807, 2.05) is 0 Å². The largest absolute Gasteiger partial charge is 0.393 e. The van der Waals surface area contributed by atoms with Gasteiger partial charge in [0, 0.05) is 13.1 Å². The smallest absolute Gasteiger partial charge is 0.306 e. The Labute approximate surface area is 109 Å². The molecule has 2 unspecified atom stereocenters. The van der Waals surface area contributed by atoms with Gasteiger partial charge in [0.15, 0.2) is 0 Å². The summed E-state index contributed by atoms with van der Waals surface area (Å²) in [7, 11) is 0. The first-order valence-electron chi connectivity index (χ1n) is 5.73. The second kappa shape index (κ2) is 6.57. The number of aromatic nitrogens is 2. The van der Waals surface area contributed by atoms with Crippen molar-refractivity contribution in [2.75, 3.05) is 19.7 Å². The Hall–Kier alpha value is -1.55. The van der Waals surface area contributed by atoms with Gasteiger partial charge in [0.05, 0.1) is 29.8 Å². The van der Waals surface area contributed by atoms with Crippen molar-refractivity contribution in [3.05, 3.63) is 22.5 Å². The lowest BCUT2D eigenvalue weighted by molar-refractivity contribution is -0.385. The minimum Gasteiger partial charge on any atom is -0.393 e. The maximum atomic E-state index is 10.4. The molecule has 0 aliphatic carbocycles.